The molecule has 1 N–H and O–H groups in total. The minimum Gasteiger partial charge on any atom is -0.387 e. The summed E-state index contributed by atoms with van der Waals surface area (Å²) in [6.45, 7) is 2.74. The summed E-state index contributed by atoms with van der Waals surface area (Å²) < 4.78 is 0. The number of rotatable bonds is 5. The van der Waals surface area contributed by atoms with E-state index in [1.54, 1.807) is 11.3 Å². The molecular weight excluding hydrogens is 280 g/mol. The summed E-state index contributed by atoms with van der Waals surface area (Å²) in [5.74, 6) is 0.136. The van der Waals surface area contributed by atoms with Crippen molar-refractivity contribution in [3.05, 3.63) is 51.7 Å². The van der Waals surface area contributed by atoms with Crippen LogP contribution in [0, 0.1) is 6.92 Å². The van der Waals surface area contributed by atoms with E-state index >= 15 is 0 Å². The maximum absolute atomic E-state index is 13.0. The summed E-state index contributed by atoms with van der Waals surface area (Å²) in [5, 5.41) is 7.32. The number of carbonyl (C=O) groups excluding carboxylic acids is 1. The average Bonchev–Trinajstić information content (AvgIpc) is 3.20. The summed E-state index contributed by atoms with van der Waals surface area (Å²) in [7, 11) is 1.86. The van der Waals surface area contributed by atoms with Gasteiger partial charge in [0.25, 0.3) is 5.91 Å². The third-order valence-electron chi connectivity index (χ3n) is 3.86. The number of anilines is 1. The van der Waals surface area contributed by atoms with Crippen molar-refractivity contribution in [1.82, 2.24) is 4.90 Å². The van der Waals surface area contributed by atoms with E-state index in [-0.39, 0.29) is 5.91 Å². The van der Waals surface area contributed by atoms with Gasteiger partial charge in [0, 0.05) is 25.3 Å². The smallest absolute Gasteiger partial charge is 0.256 e. The Bertz CT molecular complexity index is 632. The van der Waals surface area contributed by atoms with Gasteiger partial charge >= 0.3 is 0 Å². The fourth-order valence-corrected chi connectivity index (χ4v) is 3.20. The lowest BCUT2D eigenvalue weighted by molar-refractivity contribution is 0.0731. The molecule has 0 aliphatic heterocycles. The van der Waals surface area contributed by atoms with Crippen LogP contribution >= 0.6 is 11.3 Å². The lowest BCUT2D eigenvalue weighted by Crippen LogP contribution is -2.33. The molecule has 21 heavy (non-hydrogen) atoms. The van der Waals surface area contributed by atoms with Gasteiger partial charge in [-0.25, -0.2) is 0 Å². The van der Waals surface area contributed by atoms with Crippen molar-refractivity contribution >= 4 is 22.9 Å². The van der Waals surface area contributed by atoms with Gasteiger partial charge in [-0.2, -0.15) is 11.3 Å². The highest BCUT2D eigenvalue weighted by molar-refractivity contribution is 7.07. The first kappa shape index (κ1) is 14.1. The SMILES string of the molecule is CNc1ccc(C)cc1C(=O)N(Cc1ccsc1)C1CC1. The van der Waals surface area contributed by atoms with E-state index in [0.717, 1.165) is 29.7 Å². The van der Waals surface area contributed by atoms with E-state index < -0.39 is 0 Å². The first-order chi connectivity index (χ1) is 10.2. The quantitative estimate of drug-likeness (QED) is 0.908. The molecule has 0 atom stereocenters. The molecule has 1 fully saturated rings. The Morgan fingerprint density at radius 1 is 1.38 bits per heavy atom. The zero-order valence-electron chi connectivity index (χ0n) is 12.4. The van der Waals surface area contributed by atoms with Gasteiger partial charge in [-0.3, -0.25) is 4.79 Å². The highest BCUT2D eigenvalue weighted by Crippen LogP contribution is 2.31. The zero-order chi connectivity index (χ0) is 14.8. The largest absolute Gasteiger partial charge is 0.387 e. The minimum atomic E-state index is 0.136. The van der Waals surface area contributed by atoms with E-state index in [0.29, 0.717) is 12.6 Å². The number of nitrogens with zero attached hydrogens (tertiary/aromatic N) is 1. The van der Waals surface area contributed by atoms with Crippen LogP contribution in [0.1, 0.15) is 34.3 Å². The Morgan fingerprint density at radius 2 is 2.19 bits per heavy atom. The predicted octanol–water partition coefficient (Wildman–Crippen LogP) is 3.90. The molecule has 0 radical (unpaired) electrons. The van der Waals surface area contributed by atoms with Crippen molar-refractivity contribution in [3.8, 4) is 0 Å². The molecular formula is C17H20N2OS. The summed E-state index contributed by atoms with van der Waals surface area (Å²) in [6.07, 6.45) is 2.24. The van der Waals surface area contributed by atoms with Gasteiger partial charge in [-0.15, -0.1) is 0 Å². The molecule has 1 aliphatic carbocycles. The van der Waals surface area contributed by atoms with Crippen LogP contribution in [0.15, 0.2) is 35.0 Å². The first-order valence-electron chi connectivity index (χ1n) is 7.29. The third-order valence-corrected chi connectivity index (χ3v) is 4.59. The fraction of sp³-hybridized carbons (Fsp3) is 0.353. The Kier molecular flexibility index (Phi) is 3.97. The number of aryl methyl sites for hydroxylation is 1. The summed E-state index contributed by atoms with van der Waals surface area (Å²) in [6, 6.07) is 8.50. The second-order valence-corrected chi connectivity index (χ2v) is 6.37. The number of nitrogens with one attached hydrogen (secondary N) is 1. The first-order valence-corrected chi connectivity index (χ1v) is 8.24. The van der Waals surface area contributed by atoms with Gasteiger partial charge in [0.05, 0.1) is 5.56 Å². The molecule has 0 spiro atoms. The molecule has 0 unspecified atom stereocenters. The van der Waals surface area contributed by atoms with Crippen molar-refractivity contribution in [2.45, 2.75) is 32.4 Å². The van der Waals surface area contributed by atoms with Crippen LogP contribution in [-0.4, -0.2) is 23.9 Å². The lowest BCUT2D eigenvalue weighted by Gasteiger charge is -2.23. The van der Waals surface area contributed by atoms with Gasteiger partial charge in [-0.1, -0.05) is 11.6 Å². The predicted molar refractivity (Wildman–Crippen MR) is 87.9 cm³/mol. The Hall–Kier alpha value is -1.81. The number of amides is 1. The van der Waals surface area contributed by atoms with E-state index in [9.17, 15) is 4.79 Å². The lowest BCUT2D eigenvalue weighted by atomic mass is 10.1. The van der Waals surface area contributed by atoms with E-state index in [2.05, 4.69) is 22.1 Å². The molecule has 110 valence electrons. The van der Waals surface area contributed by atoms with Crippen LogP contribution in [0.25, 0.3) is 0 Å². The van der Waals surface area contributed by atoms with Crippen molar-refractivity contribution in [2.75, 3.05) is 12.4 Å². The fourth-order valence-electron chi connectivity index (χ4n) is 2.54. The standard InChI is InChI=1S/C17H20N2OS/c1-12-3-6-16(18-2)15(9-12)17(20)19(14-4-5-14)10-13-7-8-21-11-13/h3,6-9,11,14,18H,4-5,10H2,1-2H3. The van der Waals surface area contributed by atoms with Crippen LogP contribution in [0.2, 0.25) is 0 Å². The van der Waals surface area contributed by atoms with Crippen LogP contribution in [0.5, 0.6) is 0 Å². The van der Waals surface area contributed by atoms with Gasteiger partial charge in [0.15, 0.2) is 0 Å². The number of thiophene rings is 1. The normalized spacial score (nSPS) is 14.0. The monoisotopic (exact) mass is 300 g/mol. The molecule has 1 aromatic carbocycles. The topological polar surface area (TPSA) is 32.3 Å². The van der Waals surface area contributed by atoms with Gasteiger partial charge in [-0.05, 0) is 54.3 Å². The van der Waals surface area contributed by atoms with E-state index in [1.165, 1.54) is 5.56 Å². The molecule has 1 aliphatic rings. The number of benzene rings is 1. The van der Waals surface area contributed by atoms with E-state index in [4.69, 9.17) is 0 Å². The van der Waals surface area contributed by atoms with Crippen LogP contribution in [-0.2, 0) is 6.54 Å². The third kappa shape index (κ3) is 3.10. The molecule has 3 nitrogen and oxygen atoms in total. The molecule has 4 heteroatoms. The molecule has 1 saturated carbocycles. The Balaban J connectivity index is 1.89. The number of hydrogen-bond donors (Lipinski definition) is 1. The van der Waals surface area contributed by atoms with Crippen molar-refractivity contribution in [2.24, 2.45) is 0 Å². The Labute approximate surface area is 129 Å². The van der Waals surface area contributed by atoms with Gasteiger partial charge in [0.1, 0.15) is 0 Å². The molecule has 1 aromatic heterocycles. The zero-order valence-corrected chi connectivity index (χ0v) is 13.2. The summed E-state index contributed by atoms with van der Waals surface area (Å²) in [4.78, 5) is 15.0. The molecule has 1 amide bonds. The highest BCUT2D eigenvalue weighted by Gasteiger charge is 2.33. The molecule has 0 saturated heterocycles. The van der Waals surface area contributed by atoms with Crippen LogP contribution < -0.4 is 5.32 Å². The second kappa shape index (κ2) is 5.90. The highest BCUT2D eigenvalue weighted by atomic mass is 32.1. The van der Waals surface area contributed by atoms with Crippen molar-refractivity contribution in [1.29, 1.82) is 0 Å². The van der Waals surface area contributed by atoms with Gasteiger partial charge < -0.3 is 10.2 Å². The van der Waals surface area contributed by atoms with Crippen molar-refractivity contribution < 1.29 is 4.79 Å². The molecule has 0 bridgehead atoms. The number of hydrogen-bond acceptors (Lipinski definition) is 3. The summed E-state index contributed by atoms with van der Waals surface area (Å²) >= 11 is 1.68. The molecule has 2 aromatic rings. The Morgan fingerprint density at radius 3 is 2.81 bits per heavy atom. The molecule has 3 rings (SSSR count). The van der Waals surface area contributed by atoms with E-state index in [1.807, 2.05) is 37.1 Å². The van der Waals surface area contributed by atoms with Gasteiger partial charge in [0.2, 0.25) is 0 Å². The maximum atomic E-state index is 13.0. The average molecular weight is 300 g/mol. The number of carbonyl (C=O) groups is 1. The molecule has 1 heterocycles. The second-order valence-electron chi connectivity index (χ2n) is 5.59. The summed E-state index contributed by atoms with van der Waals surface area (Å²) in [5.41, 5.74) is 4.02. The van der Waals surface area contributed by atoms with Crippen LogP contribution in [0.4, 0.5) is 5.69 Å². The minimum absolute atomic E-state index is 0.136. The maximum Gasteiger partial charge on any atom is 0.256 e. The van der Waals surface area contributed by atoms with Crippen molar-refractivity contribution in [3.63, 3.8) is 0 Å². The van der Waals surface area contributed by atoms with Crippen LogP contribution in [0.3, 0.4) is 0 Å².